The first-order valence-corrected chi connectivity index (χ1v) is 8.48. The van der Waals surface area contributed by atoms with Crippen LogP contribution in [0.3, 0.4) is 0 Å². The Morgan fingerprint density at radius 3 is 2.67 bits per heavy atom. The third kappa shape index (κ3) is 3.67. The van der Waals surface area contributed by atoms with Crippen molar-refractivity contribution in [2.75, 3.05) is 5.73 Å². The summed E-state index contributed by atoms with van der Waals surface area (Å²) in [5.41, 5.74) is 8.45. The Kier molecular flexibility index (Phi) is 4.45. The second-order valence-electron chi connectivity index (χ2n) is 6.93. The van der Waals surface area contributed by atoms with Crippen molar-refractivity contribution in [2.45, 2.75) is 33.9 Å². The van der Waals surface area contributed by atoms with Crippen LogP contribution in [0, 0.1) is 5.41 Å². The number of halogens is 1. The zero-order valence-electron chi connectivity index (χ0n) is 14.0. The van der Waals surface area contributed by atoms with E-state index >= 15 is 0 Å². The van der Waals surface area contributed by atoms with E-state index in [0.717, 1.165) is 33.4 Å². The minimum absolute atomic E-state index is 0.129. The van der Waals surface area contributed by atoms with Gasteiger partial charge in [0.1, 0.15) is 23.7 Å². The van der Waals surface area contributed by atoms with Gasteiger partial charge in [-0.05, 0) is 39.5 Å². The molecule has 2 heterocycles. The van der Waals surface area contributed by atoms with Crippen molar-refractivity contribution >= 4 is 32.8 Å². The van der Waals surface area contributed by atoms with Crippen molar-refractivity contribution in [1.82, 2.24) is 20.0 Å². The monoisotopic (exact) mass is 389 g/mol. The zero-order chi connectivity index (χ0) is 17.3. The Morgan fingerprint density at radius 2 is 2.00 bits per heavy atom. The number of benzene rings is 1. The van der Waals surface area contributed by atoms with Gasteiger partial charge in [0.15, 0.2) is 0 Å². The van der Waals surface area contributed by atoms with E-state index in [9.17, 15) is 0 Å². The van der Waals surface area contributed by atoms with Gasteiger partial charge in [0, 0.05) is 18.3 Å². The Balaban J connectivity index is 1.82. The van der Waals surface area contributed by atoms with Crippen LogP contribution < -0.4 is 10.5 Å². The average molecular weight is 390 g/mol. The van der Waals surface area contributed by atoms with E-state index in [1.807, 2.05) is 22.9 Å². The molecule has 2 N–H and O–H groups in total. The Bertz CT molecular complexity index is 852. The lowest BCUT2D eigenvalue weighted by atomic mass is 9.97. The van der Waals surface area contributed by atoms with Crippen LogP contribution in [-0.2, 0) is 13.2 Å². The smallest absolute Gasteiger partial charge is 0.136 e. The first-order valence-electron chi connectivity index (χ1n) is 7.68. The third-order valence-corrected chi connectivity index (χ3v) is 4.22. The van der Waals surface area contributed by atoms with Gasteiger partial charge in [-0.3, -0.25) is 0 Å². The van der Waals surface area contributed by atoms with E-state index in [-0.39, 0.29) is 5.41 Å². The number of nitrogens with two attached hydrogens (primary N) is 1. The first kappa shape index (κ1) is 16.7. The van der Waals surface area contributed by atoms with Crippen molar-refractivity contribution in [3.8, 4) is 5.75 Å². The van der Waals surface area contributed by atoms with Gasteiger partial charge in [-0.25, -0.2) is 9.67 Å². The molecule has 0 amide bonds. The molecule has 3 rings (SSSR count). The molecular formula is C17H20BrN5O. The number of pyridine rings is 1. The Morgan fingerprint density at radius 1 is 1.21 bits per heavy atom. The lowest BCUT2D eigenvalue weighted by molar-refractivity contribution is 0.304. The van der Waals surface area contributed by atoms with Gasteiger partial charge >= 0.3 is 0 Å². The van der Waals surface area contributed by atoms with E-state index < -0.39 is 0 Å². The molecule has 0 saturated carbocycles. The number of hydrogen-bond acceptors (Lipinski definition) is 5. The largest absolute Gasteiger partial charge is 0.488 e. The summed E-state index contributed by atoms with van der Waals surface area (Å²) in [5.74, 6) is 1.22. The minimum atomic E-state index is 0.129. The van der Waals surface area contributed by atoms with Crippen molar-refractivity contribution in [1.29, 1.82) is 0 Å². The highest BCUT2D eigenvalue weighted by atomic mass is 79.9. The average Bonchev–Trinajstić information content (AvgIpc) is 2.90. The van der Waals surface area contributed by atoms with E-state index in [1.54, 1.807) is 12.3 Å². The summed E-state index contributed by atoms with van der Waals surface area (Å²) in [6.07, 6.45) is 1.71. The summed E-state index contributed by atoms with van der Waals surface area (Å²) in [6.45, 7) is 7.73. The van der Waals surface area contributed by atoms with E-state index in [1.165, 1.54) is 0 Å². The Labute approximate surface area is 149 Å². The maximum absolute atomic E-state index is 5.88. The maximum Gasteiger partial charge on any atom is 0.136 e. The van der Waals surface area contributed by atoms with Gasteiger partial charge in [0.25, 0.3) is 0 Å². The number of ether oxygens (including phenoxy) is 1. The molecule has 0 atom stereocenters. The fourth-order valence-corrected chi connectivity index (χ4v) is 2.88. The molecule has 1 aromatic carbocycles. The molecule has 2 aromatic heterocycles. The van der Waals surface area contributed by atoms with Crippen LogP contribution in [0.1, 0.15) is 26.3 Å². The minimum Gasteiger partial charge on any atom is -0.488 e. The van der Waals surface area contributed by atoms with Gasteiger partial charge in [0.2, 0.25) is 0 Å². The molecule has 0 saturated heterocycles. The molecule has 0 bridgehead atoms. The molecule has 126 valence electrons. The van der Waals surface area contributed by atoms with Crippen LogP contribution >= 0.6 is 15.9 Å². The lowest BCUT2D eigenvalue weighted by Gasteiger charge is -2.18. The molecule has 0 fully saturated rings. The molecule has 6 nitrogen and oxygen atoms in total. The molecule has 7 heteroatoms. The van der Waals surface area contributed by atoms with E-state index in [2.05, 4.69) is 52.0 Å². The zero-order valence-corrected chi connectivity index (χ0v) is 15.5. The molecular weight excluding hydrogens is 370 g/mol. The van der Waals surface area contributed by atoms with Gasteiger partial charge in [-0.15, -0.1) is 5.10 Å². The van der Waals surface area contributed by atoms with Gasteiger partial charge in [0.05, 0.1) is 9.99 Å². The topological polar surface area (TPSA) is 78.8 Å². The molecule has 0 radical (unpaired) electrons. The van der Waals surface area contributed by atoms with E-state index in [4.69, 9.17) is 10.5 Å². The summed E-state index contributed by atoms with van der Waals surface area (Å²) in [6, 6.07) is 7.57. The van der Waals surface area contributed by atoms with Crippen LogP contribution in [0.25, 0.3) is 11.0 Å². The van der Waals surface area contributed by atoms with Crippen molar-refractivity contribution in [3.63, 3.8) is 0 Å². The molecule has 24 heavy (non-hydrogen) atoms. The number of fused-ring (bicyclic) bond motifs is 1. The van der Waals surface area contributed by atoms with Crippen LogP contribution in [0.5, 0.6) is 5.75 Å². The first-order chi connectivity index (χ1) is 11.3. The quantitative estimate of drug-likeness (QED) is 0.733. The van der Waals surface area contributed by atoms with Gasteiger partial charge in [-0.1, -0.05) is 32.1 Å². The summed E-state index contributed by atoms with van der Waals surface area (Å²) < 4.78 is 8.61. The predicted molar refractivity (Wildman–Crippen MR) is 97.7 cm³/mol. The fraction of sp³-hybridized carbons (Fsp3) is 0.353. The van der Waals surface area contributed by atoms with Crippen LogP contribution in [0.2, 0.25) is 0 Å². The summed E-state index contributed by atoms with van der Waals surface area (Å²) in [7, 11) is 0. The van der Waals surface area contributed by atoms with Gasteiger partial charge in [-0.2, -0.15) is 0 Å². The number of hydrogen-bond donors (Lipinski definition) is 1. The maximum atomic E-state index is 5.88. The van der Waals surface area contributed by atoms with Crippen molar-refractivity contribution < 1.29 is 4.74 Å². The molecule has 0 spiro atoms. The number of aromatic nitrogens is 4. The standard InChI is InChI=1S/C17H20BrN5O/c1-17(2,3)10-23-12-5-6-13(15(18)16(12)21-22-23)24-9-11-4-7-14(19)20-8-11/h4-8H,9-10H2,1-3H3,(H2,19,20). The highest BCUT2D eigenvalue weighted by molar-refractivity contribution is 9.10. The highest BCUT2D eigenvalue weighted by Gasteiger charge is 2.17. The molecule has 0 unspecified atom stereocenters. The molecule has 0 aliphatic rings. The summed E-state index contributed by atoms with van der Waals surface area (Å²) >= 11 is 3.58. The third-order valence-electron chi connectivity index (χ3n) is 3.46. The fourth-order valence-electron chi connectivity index (χ4n) is 2.35. The SMILES string of the molecule is CC(C)(C)Cn1nnc2c(Br)c(OCc3ccc(N)nc3)ccc21. The second-order valence-corrected chi connectivity index (χ2v) is 7.73. The number of rotatable bonds is 4. The van der Waals surface area contributed by atoms with Crippen molar-refractivity contribution in [2.24, 2.45) is 5.41 Å². The normalized spacial score (nSPS) is 11.8. The van der Waals surface area contributed by atoms with Gasteiger partial charge < -0.3 is 10.5 Å². The summed E-state index contributed by atoms with van der Waals surface area (Å²) in [4.78, 5) is 4.06. The Hall–Kier alpha value is -2.15. The number of nitrogens with zero attached hydrogens (tertiary/aromatic N) is 4. The lowest BCUT2D eigenvalue weighted by Crippen LogP contribution is -2.16. The second kappa shape index (κ2) is 6.39. The predicted octanol–water partition coefficient (Wildman–Crippen LogP) is 3.80. The molecule has 3 aromatic rings. The van der Waals surface area contributed by atoms with E-state index in [0.29, 0.717) is 12.4 Å². The van der Waals surface area contributed by atoms with Crippen LogP contribution in [0.4, 0.5) is 5.82 Å². The molecule has 0 aliphatic heterocycles. The highest BCUT2D eigenvalue weighted by Crippen LogP contribution is 2.33. The van der Waals surface area contributed by atoms with Crippen molar-refractivity contribution in [3.05, 3.63) is 40.5 Å². The number of anilines is 1. The number of nitrogen functional groups attached to an aromatic ring is 1. The van der Waals surface area contributed by atoms with Crippen LogP contribution in [-0.4, -0.2) is 20.0 Å². The van der Waals surface area contributed by atoms with Crippen LogP contribution in [0.15, 0.2) is 34.9 Å². The molecule has 0 aliphatic carbocycles. The summed E-state index contributed by atoms with van der Waals surface area (Å²) in [5, 5.41) is 8.55.